The van der Waals surface area contributed by atoms with Gasteiger partial charge in [-0.25, -0.2) is 0 Å². The summed E-state index contributed by atoms with van der Waals surface area (Å²) >= 11 is 0. The zero-order chi connectivity index (χ0) is 14.6. The third kappa shape index (κ3) is 4.32. The molecule has 1 heterocycles. The molecule has 1 fully saturated rings. The van der Waals surface area contributed by atoms with Gasteiger partial charge in [0.1, 0.15) is 5.60 Å². The fourth-order valence-corrected chi connectivity index (χ4v) is 2.44. The normalized spacial score (nSPS) is 17.9. The van der Waals surface area contributed by atoms with Crippen molar-refractivity contribution < 1.29 is 9.90 Å². The molecular formula is C16H24N2O2. The van der Waals surface area contributed by atoms with Gasteiger partial charge in [0, 0.05) is 25.7 Å². The molecule has 1 amide bonds. The van der Waals surface area contributed by atoms with Crippen LogP contribution < -0.4 is 5.32 Å². The maximum absolute atomic E-state index is 11.7. The highest BCUT2D eigenvalue weighted by Crippen LogP contribution is 2.14. The Bertz CT molecular complexity index is 432. The van der Waals surface area contributed by atoms with Gasteiger partial charge in [0.2, 0.25) is 0 Å². The van der Waals surface area contributed by atoms with Crippen LogP contribution in [0.15, 0.2) is 30.3 Å². The molecule has 4 heteroatoms. The van der Waals surface area contributed by atoms with Crippen molar-refractivity contribution in [3.05, 3.63) is 35.9 Å². The molecule has 110 valence electrons. The number of benzene rings is 1. The van der Waals surface area contributed by atoms with Gasteiger partial charge < -0.3 is 10.4 Å². The van der Waals surface area contributed by atoms with Crippen molar-refractivity contribution in [1.82, 2.24) is 10.2 Å². The molecule has 0 aliphatic carbocycles. The summed E-state index contributed by atoms with van der Waals surface area (Å²) < 4.78 is 0. The van der Waals surface area contributed by atoms with Crippen LogP contribution in [-0.4, -0.2) is 40.6 Å². The highest BCUT2D eigenvalue weighted by Gasteiger charge is 2.27. The Morgan fingerprint density at radius 3 is 2.45 bits per heavy atom. The van der Waals surface area contributed by atoms with Crippen molar-refractivity contribution in [2.45, 2.75) is 44.9 Å². The molecule has 2 N–H and O–H groups in total. The second-order valence-corrected chi connectivity index (χ2v) is 6.07. The van der Waals surface area contributed by atoms with Crippen LogP contribution in [0.1, 0.15) is 32.3 Å². The number of likely N-dealkylation sites (tertiary alicyclic amines) is 1. The van der Waals surface area contributed by atoms with Crippen molar-refractivity contribution >= 4 is 5.91 Å². The molecule has 0 bridgehead atoms. The molecule has 1 saturated heterocycles. The van der Waals surface area contributed by atoms with E-state index >= 15 is 0 Å². The maximum Gasteiger partial charge on any atom is 0.251 e. The van der Waals surface area contributed by atoms with Crippen LogP contribution in [0.3, 0.4) is 0 Å². The van der Waals surface area contributed by atoms with Crippen molar-refractivity contribution in [1.29, 1.82) is 0 Å². The molecule has 4 nitrogen and oxygen atoms in total. The van der Waals surface area contributed by atoms with Gasteiger partial charge >= 0.3 is 0 Å². The topological polar surface area (TPSA) is 52.6 Å². The van der Waals surface area contributed by atoms with Gasteiger partial charge in [-0.1, -0.05) is 30.3 Å². The first-order valence-electron chi connectivity index (χ1n) is 7.25. The number of carbonyl (C=O) groups is 1. The molecule has 0 spiro atoms. The SMILES string of the molecule is CC(C)(O)C(=O)NC1CCN(Cc2ccccc2)CC1. The Kier molecular flexibility index (Phi) is 4.78. The van der Waals surface area contributed by atoms with E-state index in [0.717, 1.165) is 32.5 Å². The predicted octanol–water partition coefficient (Wildman–Crippen LogP) is 1.54. The molecule has 1 aromatic carbocycles. The summed E-state index contributed by atoms with van der Waals surface area (Å²) in [7, 11) is 0. The van der Waals surface area contributed by atoms with Gasteiger partial charge in [0.25, 0.3) is 5.91 Å². The quantitative estimate of drug-likeness (QED) is 0.877. The number of nitrogens with one attached hydrogen (secondary N) is 1. The van der Waals surface area contributed by atoms with Gasteiger partial charge in [-0.2, -0.15) is 0 Å². The van der Waals surface area contributed by atoms with E-state index in [0.29, 0.717) is 0 Å². The summed E-state index contributed by atoms with van der Waals surface area (Å²) in [6, 6.07) is 10.6. The highest BCUT2D eigenvalue weighted by molar-refractivity contribution is 5.84. The summed E-state index contributed by atoms with van der Waals surface area (Å²) in [5.74, 6) is -0.279. The van der Waals surface area contributed by atoms with Crippen LogP contribution >= 0.6 is 0 Å². The van der Waals surface area contributed by atoms with Gasteiger partial charge in [0.05, 0.1) is 0 Å². The summed E-state index contributed by atoms with van der Waals surface area (Å²) in [5, 5.41) is 12.6. The van der Waals surface area contributed by atoms with Crippen LogP contribution in [0.25, 0.3) is 0 Å². The molecule has 0 unspecified atom stereocenters. The molecule has 0 atom stereocenters. The van der Waals surface area contributed by atoms with E-state index in [-0.39, 0.29) is 11.9 Å². The average Bonchev–Trinajstić information content (AvgIpc) is 2.41. The molecule has 0 radical (unpaired) electrons. The number of hydrogen-bond acceptors (Lipinski definition) is 3. The molecule has 0 aromatic heterocycles. The fraction of sp³-hybridized carbons (Fsp3) is 0.562. The lowest BCUT2D eigenvalue weighted by Crippen LogP contribution is -2.50. The van der Waals surface area contributed by atoms with Crippen LogP contribution in [0.2, 0.25) is 0 Å². The Morgan fingerprint density at radius 1 is 1.30 bits per heavy atom. The predicted molar refractivity (Wildman–Crippen MR) is 79.2 cm³/mol. The van der Waals surface area contributed by atoms with Crippen molar-refractivity contribution in [3.8, 4) is 0 Å². The number of aliphatic hydroxyl groups is 1. The zero-order valence-corrected chi connectivity index (χ0v) is 12.3. The maximum atomic E-state index is 11.7. The number of nitrogens with zero attached hydrogens (tertiary/aromatic N) is 1. The molecule has 1 aliphatic heterocycles. The number of carbonyl (C=O) groups excluding carboxylic acids is 1. The molecule has 1 aromatic rings. The van der Waals surface area contributed by atoms with Crippen molar-refractivity contribution in [2.24, 2.45) is 0 Å². The van der Waals surface area contributed by atoms with E-state index < -0.39 is 5.60 Å². The van der Waals surface area contributed by atoms with E-state index in [1.165, 1.54) is 19.4 Å². The first-order valence-corrected chi connectivity index (χ1v) is 7.25. The van der Waals surface area contributed by atoms with Gasteiger partial charge in [0.15, 0.2) is 0 Å². The Labute approximate surface area is 120 Å². The summed E-state index contributed by atoms with van der Waals surface area (Å²) in [5.41, 5.74) is 0.0349. The van der Waals surface area contributed by atoms with Crippen molar-refractivity contribution in [2.75, 3.05) is 13.1 Å². The summed E-state index contributed by atoms with van der Waals surface area (Å²) in [4.78, 5) is 14.1. The number of rotatable bonds is 4. The smallest absolute Gasteiger partial charge is 0.251 e. The van der Waals surface area contributed by atoms with Crippen LogP contribution in [0.5, 0.6) is 0 Å². The largest absolute Gasteiger partial charge is 0.381 e. The standard InChI is InChI=1S/C16H24N2O2/c1-16(2,20)15(19)17-14-8-10-18(11-9-14)12-13-6-4-3-5-7-13/h3-7,14,20H,8-12H2,1-2H3,(H,17,19). The second-order valence-electron chi connectivity index (χ2n) is 6.07. The first kappa shape index (κ1) is 15.0. The molecular weight excluding hydrogens is 252 g/mol. The first-order chi connectivity index (χ1) is 9.45. The van der Waals surface area contributed by atoms with Gasteiger partial charge in [-0.15, -0.1) is 0 Å². The monoisotopic (exact) mass is 276 g/mol. The van der Waals surface area contributed by atoms with Crippen LogP contribution in [0.4, 0.5) is 0 Å². The van der Waals surface area contributed by atoms with Crippen LogP contribution in [-0.2, 0) is 11.3 Å². The lowest BCUT2D eigenvalue weighted by Gasteiger charge is -2.33. The Balaban J connectivity index is 1.77. The minimum Gasteiger partial charge on any atom is -0.381 e. The van der Waals surface area contributed by atoms with E-state index in [1.54, 1.807) is 0 Å². The second kappa shape index (κ2) is 6.37. The molecule has 2 rings (SSSR count). The third-order valence-corrected chi connectivity index (χ3v) is 3.73. The Hall–Kier alpha value is -1.39. The fourth-order valence-electron chi connectivity index (χ4n) is 2.44. The lowest BCUT2D eigenvalue weighted by atomic mass is 10.0. The number of hydrogen-bond donors (Lipinski definition) is 2. The molecule has 0 saturated carbocycles. The minimum atomic E-state index is -1.29. The van der Waals surface area contributed by atoms with E-state index in [1.807, 2.05) is 6.07 Å². The minimum absolute atomic E-state index is 0.181. The number of amides is 1. The molecule has 1 aliphatic rings. The van der Waals surface area contributed by atoms with Gasteiger partial charge in [-0.3, -0.25) is 9.69 Å². The lowest BCUT2D eigenvalue weighted by molar-refractivity contribution is -0.137. The zero-order valence-electron chi connectivity index (χ0n) is 12.3. The summed E-state index contributed by atoms with van der Waals surface area (Å²) in [6.07, 6.45) is 1.88. The number of piperidine rings is 1. The Morgan fingerprint density at radius 2 is 1.90 bits per heavy atom. The molecule has 20 heavy (non-hydrogen) atoms. The van der Waals surface area contributed by atoms with Gasteiger partial charge in [-0.05, 0) is 32.3 Å². The van der Waals surface area contributed by atoms with Crippen molar-refractivity contribution in [3.63, 3.8) is 0 Å². The average molecular weight is 276 g/mol. The van der Waals surface area contributed by atoms with Crippen LogP contribution in [0, 0.1) is 0 Å². The third-order valence-electron chi connectivity index (χ3n) is 3.73. The van der Waals surface area contributed by atoms with E-state index in [4.69, 9.17) is 0 Å². The van der Waals surface area contributed by atoms with E-state index in [2.05, 4.69) is 34.5 Å². The summed E-state index contributed by atoms with van der Waals surface area (Å²) in [6.45, 7) is 5.96. The highest BCUT2D eigenvalue weighted by atomic mass is 16.3. The van der Waals surface area contributed by atoms with E-state index in [9.17, 15) is 9.90 Å².